The number of benzene rings is 3. The molecule has 2 aliphatic rings. The molecule has 0 amide bonds. The number of hydrogen-bond donors (Lipinski definition) is 1. The van der Waals surface area contributed by atoms with E-state index >= 15 is 0 Å². The van der Waals surface area contributed by atoms with Crippen molar-refractivity contribution in [1.29, 1.82) is 0 Å². The van der Waals surface area contributed by atoms with E-state index in [1.165, 1.54) is 12.1 Å². The van der Waals surface area contributed by atoms with Crippen LogP contribution in [0.5, 0.6) is 0 Å². The average molecular weight is 332 g/mol. The van der Waals surface area contributed by atoms with Gasteiger partial charge in [-0.2, -0.15) is 0 Å². The second-order valence-electron chi connectivity index (χ2n) is 5.85. The third kappa shape index (κ3) is 2.66. The van der Waals surface area contributed by atoms with E-state index in [4.69, 9.17) is 4.42 Å². The summed E-state index contributed by atoms with van der Waals surface area (Å²) in [5.74, 6) is 0.505. The lowest BCUT2D eigenvalue weighted by molar-refractivity contribution is 0.619. The highest BCUT2D eigenvalue weighted by Gasteiger charge is 2.17. The van der Waals surface area contributed by atoms with Crippen LogP contribution in [0.4, 0.5) is 10.1 Å². The van der Waals surface area contributed by atoms with E-state index in [9.17, 15) is 4.39 Å². The summed E-state index contributed by atoms with van der Waals surface area (Å²) in [6.45, 7) is 0. The Bertz CT molecular complexity index is 1100. The first-order valence-electron chi connectivity index (χ1n) is 8.07. The minimum absolute atomic E-state index is 0.248. The molecule has 0 fully saturated rings. The van der Waals surface area contributed by atoms with Crippen LogP contribution in [0.25, 0.3) is 33.4 Å². The molecule has 0 unspecified atom stereocenters. The first kappa shape index (κ1) is 15.4. The average Bonchev–Trinajstić information content (AvgIpc) is 2.66. The van der Waals surface area contributed by atoms with E-state index in [2.05, 4.69) is 10.3 Å². The molecule has 124 valence electrons. The van der Waals surface area contributed by atoms with Crippen molar-refractivity contribution in [2.45, 2.75) is 0 Å². The van der Waals surface area contributed by atoms with Gasteiger partial charge >= 0.3 is 0 Å². The molecule has 1 aliphatic heterocycles. The van der Waals surface area contributed by atoms with Gasteiger partial charge in [-0.15, -0.1) is 0 Å². The number of nitrogens with one attached hydrogen (secondary N) is 1. The van der Waals surface area contributed by atoms with Crippen LogP contribution in [-0.4, -0.2) is 14.1 Å². The normalized spacial score (nSPS) is 12.0. The lowest BCUT2D eigenvalue weighted by atomic mass is 9.93. The Kier molecular flexibility index (Phi) is 3.73. The van der Waals surface area contributed by atoms with Crippen LogP contribution in [0.2, 0.25) is 0 Å². The molecule has 25 heavy (non-hydrogen) atoms. The van der Waals surface area contributed by atoms with Gasteiger partial charge in [0.05, 0.1) is 5.36 Å². The lowest BCUT2D eigenvalue weighted by Crippen LogP contribution is -2.02. The van der Waals surface area contributed by atoms with Crippen LogP contribution in [0.3, 0.4) is 0 Å². The number of halogens is 1. The van der Waals surface area contributed by atoms with Crippen LogP contribution < -0.4 is 10.7 Å². The number of fused-ring (bicyclic) bond motifs is 2. The van der Waals surface area contributed by atoms with Crippen LogP contribution in [-0.2, 0) is 0 Å². The van der Waals surface area contributed by atoms with Gasteiger partial charge in [-0.1, -0.05) is 12.1 Å². The molecule has 0 radical (unpaired) electrons. The molecule has 0 aromatic heterocycles. The summed E-state index contributed by atoms with van der Waals surface area (Å²) in [5.41, 5.74) is 4.69. The number of anilines is 1. The van der Waals surface area contributed by atoms with Gasteiger partial charge in [0, 0.05) is 48.4 Å². The van der Waals surface area contributed by atoms with E-state index in [-0.39, 0.29) is 5.82 Å². The summed E-state index contributed by atoms with van der Waals surface area (Å²) in [6.07, 6.45) is 0. The van der Waals surface area contributed by atoms with Gasteiger partial charge in [0.2, 0.25) is 0 Å². The molecule has 1 aliphatic carbocycles. The van der Waals surface area contributed by atoms with Crippen molar-refractivity contribution in [3.05, 3.63) is 71.8 Å². The fraction of sp³-hybridized carbons (Fsp3) is 0.0952. The molecule has 1 heterocycles. The van der Waals surface area contributed by atoms with Crippen LogP contribution in [0.1, 0.15) is 0 Å². The van der Waals surface area contributed by atoms with Gasteiger partial charge in [-0.05, 0) is 42.0 Å². The largest absolute Gasteiger partial charge is 0.456 e. The molecule has 0 saturated heterocycles. The molecule has 4 rings (SSSR count). The molecule has 0 atom stereocenters. The monoisotopic (exact) mass is 332 g/mol. The smallest absolute Gasteiger partial charge is 0.137 e. The predicted molar refractivity (Wildman–Crippen MR) is 99.3 cm³/mol. The van der Waals surface area contributed by atoms with Gasteiger partial charge < -0.3 is 9.73 Å². The molecule has 1 N–H and O–H groups in total. The molecule has 4 heteroatoms. The first-order chi connectivity index (χ1) is 12.2. The van der Waals surface area contributed by atoms with E-state index in [0.717, 1.165) is 44.5 Å². The third-order valence-corrected chi connectivity index (χ3v) is 4.39. The van der Waals surface area contributed by atoms with Crippen molar-refractivity contribution in [1.82, 2.24) is 0 Å². The Morgan fingerprint density at radius 3 is 2.48 bits per heavy atom. The summed E-state index contributed by atoms with van der Waals surface area (Å²) in [7, 11) is 3.62. The van der Waals surface area contributed by atoms with Crippen molar-refractivity contribution in [3.8, 4) is 22.5 Å². The minimum Gasteiger partial charge on any atom is -0.456 e. The standard InChI is InChI=1S/C21H17FN2O/c1-23-15-7-9-17-19(11-15)25-20-12-16(24-2)8-10-18(20)21(17)13-3-5-14(22)6-4-13/h3-12,23H,1-2H3. The maximum Gasteiger partial charge on any atom is 0.137 e. The van der Waals surface area contributed by atoms with Crippen LogP contribution in [0.15, 0.2) is 70.1 Å². The predicted octanol–water partition coefficient (Wildman–Crippen LogP) is 4.92. The van der Waals surface area contributed by atoms with Crippen molar-refractivity contribution in [2.75, 3.05) is 19.4 Å². The fourth-order valence-corrected chi connectivity index (χ4v) is 3.10. The number of hydrogen-bond acceptors (Lipinski definition) is 3. The minimum atomic E-state index is -0.248. The van der Waals surface area contributed by atoms with Crippen molar-refractivity contribution in [3.63, 3.8) is 0 Å². The topological polar surface area (TPSA) is 37.5 Å². The summed E-state index contributed by atoms with van der Waals surface area (Å²) in [5, 5.41) is 4.97. The highest BCUT2D eigenvalue weighted by molar-refractivity contribution is 6.02. The number of nitrogens with zero attached hydrogens (tertiary/aromatic N) is 1. The summed E-state index contributed by atoms with van der Waals surface area (Å²) in [6, 6.07) is 18.5. The Morgan fingerprint density at radius 1 is 0.960 bits per heavy atom. The maximum absolute atomic E-state index is 13.4. The fourth-order valence-electron chi connectivity index (χ4n) is 3.10. The Labute approximate surface area is 144 Å². The van der Waals surface area contributed by atoms with Crippen molar-refractivity contribution >= 4 is 16.7 Å². The highest BCUT2D eigenvalue weighted by atomic mass is 19.1. The molecule has 0 spiro atoms. The molecule has 0 saturated carbocycles. The van der Waals surface area contributed by atoms with E-state index in [1.54, 1.807) is 19.2 Å². The summed E-state index contributed by atoms with van der Waals surface area (Å²) < 4.78 is 19.5. The molecule has 0 bridgehead atoms. The lowest BCUT2D eigenvalue weighted by Gasteiger charge is -2.16. The molecular formula is C21H17FN2O. The Hall–Kier alpha value is -3.14. The van der Waals surface area contributed by atoms with Gasteiger partial charge in [0.1, 0.15) is 17.2 Å². The Balaban J connectivity index is 2.14. The van der Waals surface area contributed by atoms with Gasteiger partial charge in [-0.25, -0.2) is 4.39 Å². The maximum atomic E-state index is 13.4. The molecule has 2 aromatic rings. The van der Waals surface area contributed by atoms with Gasteiger partial charge in [0.15, 0.2) is 0 Å². The zero-order valence-electron chi connectivity index (χ0n) is 14.0. The van der Waals surface area contributed by atoms with E-state index < -0.39 is 0 Å². The van der Waals surface area contributed by atoms with Crippen molar-refractivity contribution in [2.24, 2.45) is 4.99 Å². The van der Waals surface area contributed by atoms with Crippen LogP contribution in [0, 0.1) is 5.82 Å². The summed E-state index contributed by atoms with van der Waals surface area (Å²) in [4.78, 5) is 4.23. The zero-order valence-corrected chi connectivity index (χ0v) is 14.0. The molecular weight excluding hydrogens is 315 g/mol. The Morgan fingerprint density at radius 2 is 1.76 bits per heavy atom. The van der Waals surface area contributed by atoms with Crippen molar-refractivity contribution < 1.29 is 8.81 Å². The quantitative estimate of drug-likeness (QED) is 0.529. The molecule has 2 aromatic carbocycles. The SMILES string of the molecule is CN=c1ccc2c(-c3ccc(F)cc3)c3ccc(NC)cc3oc-2c1. The summed E-state index contributed by atoms with van der Waals surface area (Å²) >= 11 is 0. The second kappa shape index (κ2) is 6.06. The first-order valence-corrected chi connectivity index (χ1v) is 8.07. The highest BCUT2D eigenvalue weighted by Crippen LogP contribution is 2.40. The third-order valence-electron chi connectivity index (χ3n) is 4.39. The van der Waals surface area contributed by atoms with Gasteiger partial charge in [0.25, 0.3) is 0 Å². The zero-order chi connectivity index (χ0) is 17.4. The van der Waals surface area contributed by atoms with E-state index in [1.807, 2.05) is 43.4 Å². The second-order valence-corrected chi connectivity index (χ2v) is 5.85. The molecule has 3 nitrogen and oxygen atoms in total. The van der Waals surface area contributed by atoms with Gasteiger partial charge in [-0.3, -0.25) is 4.99 Å². The number of rotatable bonds is 2. The van der Waals surface area contributed by atoms with Crippen LogP contribution >= 0.6 is 0 Å². The van der Waals surface area contributed by atoms with E-state index in [0.29, 0.717) is 0 Å².